The fourth-order valence-electron chi connectivity index (χ4n) is 7.48. The van der Waals surface area contributed by atoms with Gasteiger partial charge in [0.05, 0.1) is 28.9 Å². The van der Waals surface area contributed by atoms with Crippen LogP contribution in [0.5, 0.6) is 0 Å². The van der Waals surface area contributed by atoms with Crippen molar-refractivity contribution in [1.29, 1.82) is 0 Å². The normalized spacial score (nSPS) is 27.8. The van der Waals surface area contributed by atoms with E-state index in [1.807, 2.05) is 18.2 Å². The number of carbonyl (C=O) groups is 4. The molecule has 1 N–H and O–H groups in total. The average Bonchev–Trinajstić information content (AvgIpc) is 3.34. The first-order valence-electron chi connectivity index (χ1n) is 20.3. The van der Waals surface area contributed by atoms with Gasteiger partial charge in [0, 0.05) is 12.7 Å². The van der Waals surface area contributed by atoms with Crippen LogP contribution in [-0.4, -0.2) is 111 Å². The number of aliphatic hydroxyl groups is 1. The van der Waals surface area contributed by atoms with Crippen LogP contribution in [0.4, 0.5) is 0 Å². The molecule has 3 saturated heterocycles. The lowest BCUT2D eigenvalue weighted by molar-refractivity contribution is -0.383. The van der Waals surface area contributed by atoms with Gasteiger partial charge in [0.25, 0.3) is 0 Å². The molecule has 5 aromatic rings. The number of esters is 4. The largest absolute Gasteiger partial charge is 0.459 e. The van der Waals surface area contributed by atoms with E-state index in [-0.39, 0.29) is 28.9 Å². The summed E-state index contributed by atoms with van der Waals surface area (Å²) in [5.74, 6) is -3.19. The summed E-state index contributed by atoms with van der Waals surface area (Å²) in [5.41, 5.74) is 1.39. The quantitative estimate of drug-likeness (QED) is 0.116. The average molecular weight is 861 g/mol. The molecule has 3 fully saturated rings. The zero-order valence-corrected chi connectivity index (χ0v) is 33.9. The summed E-state index contributed by atoms with van der Waals surface area (Å²) in [4.78, 5) is 54.8. The van der Waals surface area contributed by atoms with Crippen LogP contribution in [0.2, 0.25) is 0 Å². The van der Waals surface area contributed by atoms with Crippen molar-refractivity contribution < 1.29 is 71.7 Å². The highest BCUT2D eigenvalue weighted by Crippen LogP contribution is 2.38. The van der Waals surface area contributed by atoms with Gasteiger partial charge in [-0.3, -0.25) is 0 Å². The summed E-state index contributed by atoms with van der Waals surface area (Å²) >= 11 is 0. The number of carbonyl (C=O) groups excluding carboxylic acids is 4. The zero-order valence-electron chi connectivity index (χ0n) is 33.9. The van der Waals surface area contributed by atoms with Crippen molar-refractivity contribution in [1.82, 2.24) is 0 Å². The summed E-state index contributed by atoms with van der Waals surface area (Å²) in [6.07, 6.45) is -15.2. The van der Waals surface area contributed by atoms with Gasteiger partial charge in [0.2, 0.25) is 0 Å². The molecular weight excluding hydrogens is 817 g/mol. The van der Waals surface area contributed by atoms with Crippen LogP contribution in [0.3, 0.4) is 0 Å². The van der Waals surface area contributed by atoms with Crippen molar-refractivity contribution >= 4 is 23.9 Å². The summed E-state index contributed by atoms with van der Waals surface area (Å²) in [5, 5.41) is 12.1. The first kappa shape index (κ1) is 43.4. The third-order valence-corrected chi connectivity index (χ3v) is 10.6. The second-order valence-corrected chi connectivity index (χ2v) is 14.8. The molecule has 0 spiro atoms. The summed E-state index contributed by atoms with van der Waals surface area (Å²) in [7, 11) is 1.30. The Morgan fingerprint density at radius 2 is 1.00 bits per heavy atom. The zero-order chi connectivity index (χ0) is 43.7. The minimum atomic E-state index is -1.65. The van der Waals surface area contributed by atoms with Crippen LogP contribution in [-0.2, 0) is 47.4 Å². The molecule has 15 heteroatoms. The van der Waals surface area contributed by atoms with E-state index in [4.69, 9.17) is 47.4 Å². The van der Waals surface area contributed by atoms with E-state index in [2.05, 4.69) is 0 Å². The second-order valence-electron chi connectivity index (χ2n) is 14.8. The number of aliphatic hydroxyl groups excluding tert-OH is 1. The highest BCUT2D eigenvalue weighted by molar-refractivity contribution is 5.91. The van der Waals surface area contributed by atoms with Crippen molar-refractivity contribution in [2.45, 2.75) is 67.7 Å². The Balaban J connectivity index is 1.17. The number of methoxy groups -OCH3 is 1. The highest BCUT2D eigenvalue weighted by atomic mass is 16.8. The fourth-order valence-corrected chi connectivity index (χ4v) is 7.48. The van der Waals surface area contributed by atoms with Gasteiger partial charge < -0.3 is 52.5 Å². The third-order valence-electron chi connectivity index (χ3n) is 10.6. The van der Waals surface area contributed by atoms with Gasteiger partial charge in [-0.05, 0) is 48.5 Å². The van der Waals surface area contributed by atoms with Crippen molar-refractivity contribution in [2.75, 3.05) is 20.3 Å². The molecule has 0 aromatic heterocycles. The molecule has 0 radical (unpaired) electrons. The molecule has 0 saturated carbocycles. The Morgan fingerprint density at radius 3 is 1.51 bits per heavy atom. The van der Waals surface area contributed by atoms with Crippen molar-refractivity contribution in [3.8, 4) is 0 Å². The highest BCUT2D eigenvalue weighted by Gasteiger charge is 2.57. The van der Waals surface area contributed by atoms with Crippen LogP contribution < -0.4 is 0 Å². The number of benzene rings is 5. The van der Waals surface area contributed by atoms with Crippen LogP contribution in [0.15, 0.2) is 152 Å². The summed E-state index contributed by atoms with van der Waals surface area (Å²) < 4.78 is 61.5. The van der Waals surface area contributed by atoms with E-state index < -0.39 is 98.2 Å². The number of rotatable bonds is 13. The van der Waals surface area contributed by atoms with Gasteiger partial charge in [0.1, 0.15) is 37.1 Å². The molecule has 3 aliphatic rings. The van der Waals surface area contributed by atoms with Crippen molar-refractivity contribution in [3.63, 3.8) is 0 Å². The monoisotopic (exact) mass is 860 g/mol. The van der Waals surface area contributed by atoms with E-state index in [9.17, 15) is 24.3 Å². The Kier molecular flexibility index (Phi) is 13.9. The van der Waals surface area contributed by atoms with Crippen LogP contribution in [0.25, 0.3) is 0 Å². The Labute approximate surface area is 362 Å². The molecule has 0 amide bonds. The van der Waals surface area contributed by atoms with Gasteiger partial charge in [-0.1, -0.05) is 103 Å². The van der Waals surface area contributed by atoms with Gasteiger partial charge in [-0.2, -0.15) is 0 Å². The third kappa shape index (κ3) is 10.2. The Morgan fingerprint density at radius 1 is 0.540 bits per heavy atom. The Hall–Kier alpha value is -6.30. The molecule has 63 heavy (non-hydrogen) atoms. The van der Waals surface area contributed by atoms with Crippen LogP contribution in [0, 0.1) is 0 Å². The molecule has 5 aromatic carbocycles. The van der Waals surface area contributed by atoms with Crippen molar-refractivity contribution in [2.24, 2.45) is 0 Å². The van der Waals surface area contributed by atoms with E-state index in [1.165, 1.54) is 43.5 Å². The van der Waals surface area contributed by atoms with E-state index in [1.54, 1.807) is 97.1 Å². The lowest BCUT2D eigenvalue weighted by Crippen LogP contribution is -2.67. The predicted octanol–water partition coefficient (Wildman–Crippen LogP) is 5.48. The van der Waals surface area contributed by atoms with Gasteiger partial charge in [-0.15, -0.1) is 0 Å². The topological polar surface area (TPSA) is 181 Å². The lowest BCUT2D eigenvalue weighted by atomic mass is 9.95. The maximum Gasteiger partial charge on any atom is 0.338 e. The smallest absolute Gasteiger partial charge is 0.338 e. The van der Waals surface area contributed by atoms with Crippen LogP contribution in [0.1, 0.15) is 53.3 Å². The van der Waals surface area contributed by atoms with E-state index in [0.29, 0.717) is 5.56 Å². The van der Waals surface area contributed by atoms with Gasteiger partial charge >= 0.3 is 23.9 Å². The predicted molar refractivity (Wildman–Crippen MR) is 219 cm³/mol. The number of hydrogen-bond donors (Lipinski definition) is 1. The molecule has 0 bridgehead atoms. The number of fused-ring (bicyclic) bond motifs is 1. The minimum Gasteiger partial charge on any atom is -0.459 e. The van der Waals surface area contributed by atoms with E-state index in [0.717, 1.165) is 0 Å². The molecule has 8 rings (SSSR count). The fraction of sp³-hybridized carbons (Fsp3) is 0.292. The maximum absolute atomic E-state index is 14.0. The molecule has 3 aliphatic heterocycles. The first-order valence-corrected chi connectivity index (χ1v) is 20.3. The molecule has 3 heterocycles. The summed E-state index contributed by atoms with van der Waals surface area (Å²) in [6, 6.07) is 41.5. The standard InChI is InChI=1S/C48H44O15/c1-54-47-41(61-45(53)32-23-13-5-14-24-32)40(60-44(52)31-21-11-4-12-22-31)38(35(57-47)27-55-42(50)29-17-7-2-8-18-29)63-48-39(59-43(51)30-19-9-3-10-20-30)36(49)37-34(58-48)28-56-46(62-37)33-25-15-6-16-26-33/h2-26,34-41,46-49H,27-28H2,1H3/t34-,35-,36+,37+,38-,39-,40+,41-,46?,47-,48+/m1/s1. The molecule has 326 valence electrons. The molecule has 11 atom stereocenters. The molecule has 0 aliphatic carbocycles. The maximum atomic E-state index is 14.0. The first-order chi connectivity index (χ1) is 30.8. The van der Waals surface area contributed by atoms with Gasteiger partial charge in [-0.25, -0.2) is 19.2 Å². The molecule has 1 unspecified atom stereocenters. The van der Waals surface area contributed by atoms with E-state index >= 15 is 0 Å². The number of ether oxygens (including phenoxy) is 10. The van der Waals surface area contributed by atoms with Gasteiger partial charge in [0.15, 0.2) is 37.2 Å². The second kappa shape index (κ2) is 20.3. The number of hydrogen-bond acceptors (Lipinski definition) is 15. The van der Waals surface area contributed by atoms with Crippen LogP contribution >= 0.6 is 0 Å². The van der Waals surface area contributed by atoms with Crippen molar-refractivity contribution in [3.05, 3.63) is 179 Å². The molecule has 15 nitrogen and oxygen atoms in total. The SMILES string of the molecule is CO[C@@H]1O[C@H](COC(=O)c2ccccc2)[C@@H](O[C@@H]2O[C@@H]3COC(c4ccccc4)O[C@@H]3[C@H](O)[C@H]2OC(=O)c2ccccc2)[C@H](OC(=O)c2ccccc2)[C@H]1OC(=O)c1ccccc1. The molecular formula is C48H44O15. The minimum absolute atomic E-state index is 0.0880. The Bertz CT molecular complexity index is 2280. The lowest BCUT2D eigenvalue weighted by Gasteiger charge is -2.50. The summed E-state index contributed by atoms with van der Waals surface area (Å²) in [6.45, 7) is -0.604.